The first-order valence-electron chi connectivity index (χ1n) is 7.34. The SMILES string of the molecule is CN(Cc1cccc(N)c1)C1CCc2ccccc2C1.Cl. The number of halogens is 1. The summed E-state index contributed by atoms with van der Waals surface area (Å²) in [5, 5.41) is 0. The third-order valence-corrected chi connectivity index (χ3v) is 4.33. The van der Waals surface area contributed by atoms with Gasteiger partial charge in [0.25, 0.3) is 0 Å². The third-order valence-electron chi connectivity index (χ3n) is 4.33. The van der Waals surface area contributed by atoms with Crippen molar-refractivity contribution >= 4 is 18.1 Å². The molecule has 1 unspecified atom stereocenters. The van der Waals surface area contributed by atoms with Crippen molar-refractivity contribution in [2.75, 3.05) is 12.8 Å². The van der Waals surface area contributed by atoms with Gasteiger partial charge in [0.2, 0.25) is 0 Å². The van der Waals surface area contributed by atoms with Crippen LogP contribution in [0.3, 0.4) is 0 Å². The Hall–Kier alpha value is -1.51. The van der Waals surface area contributed by atoms with Crippen LogP contribution in [-0.2, 0) is 19.4 Å². The number of nitrogens with zero attached hydrogens (tertiary/aromatic N) is 1. The Morgan fingerprint density at radius 3 is 2.62 bits per heavy atom. The fourth-order valence-electron chi connectivity index (χ4n) is 3.16. The molecule has 0 spiro atoms. The summed E-state index contributed by atoms with van der Waals surface area (Å²) in [7, 11) is 2.22. The van der Waals surface area contributed by atoms with Gasteiger partial charge in [-0.05, 0) is 55.1 Å². The van der Waals surface area contributed by atoms with E-state index in [2.05, 4.69) is 48.3 Å². The Morgan fingerprint density at radius 1 is 1.10 bits per heavy atom. The van der Waals surface area contributed by atoms with Gasteiger partial charge in [0.05, 0.1) is 0 Å². The topological polar surface area (TPSA) is 29.3 Å². The molecule has 3 rings (SSSR count). The Labute approximate surface area is 133 Å². The highest BCUT2D eigenvalue weighted by Crippen LogP contribution is 2.24. The highest BCUT2D eigenvalue weighted by Gasteiger charge is 2.21. The van der Waals surface area contributed by atoms with Gasteiger partial charge in [-0.2, -0.15) is 0 Å². The predicted octanol–water partition coefficient (Wildman–Crippen LogP) is 3.68. The number of nitrogens with two attached hydrogens (primary N) is 1. The van der Waals surface area contributed by atoms with Crippen molar-refractivity contribution in [3.63, 3.8) is 0 Å². The molecule has 3 heteroatoms. The molecule has 0 aromatic heterocycles. The van der Waals surface area contributed by atoms with Crippen LogP contribution in [0.4, 0.5) is 5.69 Å². The first kappa shape index (κ1) is 15.9. The molecule has 2 N–H and O–H groups in total. The Kier molecular flexibility index (Phi) is 5.27. The summed E-state index contributed by atoms with van der Waals surface area (Å²) in [5.41, 5.74) is 11.1. The molecule has 0 heterocycles. The Bertz CT molecular complexity index is 597. The van der Waals surface area contributed by atoms with E-state index in [1.54, 1.807) is 0 Å². The van der Waals surface area contributed by atoms with Crippen molar-refractivity contribution in [1.29, 1.82) is 0 Å². The normalized spacial score (nSPS) is 17.1. The molecule has 2 aromatic rings. The van der Waals surface area contributed by atoms with Gasteiger partial charge in [0.15, 0.2) is 0 Å². The van der Waals surface area contributed by atoms with E-state index in [0.29, 0.717) is 6.04 Å². The van der Waals surface area contributed by atoms with E-state index < -0.39 is 0 Å². The monoisotopic (exact) mass is 302 g/mol. The minimum Gasteiger partial charge on any atom is -0.399 e. The maximum atomic E-state index is 5.86. The van der Waals surface area contributed by atoms with Crippen LogP contribution in [-0.4, -0.2) is 18.0 Å². The fourth-order valence-corrected chi connectivity index (χ4v) is 3.16. The number of rotatable bonds is 3. The van der Waals surface area contributed by atoms with Crippen LogP contribution in [0, 0.1) is 0 Å². The molecule has 0 fully saturated rings. The van der Waals surface area contributed by atoms with E-state index in [0.717, 1.165) is 18.7 Å². The van der Waals surface area contributed by atoms with E-state index >= 15 is 0 Å². The minimum atomic E-state index is 0. The molecule has 21 heavy (non-hydrogen) atoms. The second kappa shape index (κ2) is 6.97. The molecule has 0 saturated carbocycles. The summed E-state index contributed by atoms with van der Waals surface area (Å²) in [6.07, 6.45) is 3.60. The van der Waals surface area contributed by atoms with Crippen LogP contribution in [0.2, 0.25) is 0 Å². The summed E-state index contributed by atoms with van der Waals surface area (Å²) >= 11 is 0. The third kappa shape index (κ3) is 3.78. The lowest BCUT2D eigenvalue weighted by atomic mass is 9.87. The number of likely N-dealkylation sites (N-methyl/N-ethyl adjacent to an activating group) is 1. The number of benzene rings is 2. The second-order valence-corrected chi connectivity index (χ2v) is 5.83. The average molecular weight is 303 g/mol. The number of aryl methyl sites for hydroxylation is 1. The molecule has 0 saturated heterocycles. The summed E-state index contributed by atoms with van der Waals surface area (Å²) in [6, 6.07) is 17.7. The lowest BCUT2D eigenvalue weighted by molar-refractivity contribution is 0.214. The molecule has 0 bridgehead atoms. The van der Waals surface area contributed by atoms with Gasteiger partial charge in [-0.15, -0.1) is 12.4 Å². The summed E-state index contributed by atoms with van der Waals surface area (Å²) < 4.78 is 0. The van der Waals surface area contributed by atoms with E-state index in [1.165, 1.54) is 29.5 Å². The van der Waals surface area contributed by atoms with Crippen LogP contribution in [0.25, 0.3) is 0 Å². The maximum Gasteiger partial charge on any atom is 0.0317 e. The first-order valence-corrected chi connectivity index (χ1v) is 7.34. The van der Waals surface area contributed by atoms with Gasteiger partial charge in [-0.25, -0.2) is 0 Å². The predicted molar refractivity (Wildman–Crippen MR) is 91.8 cm³/mol. The van der Waals surface area contributed by atoms with Gasteiger partial charge < -0.3 is 5.73 Å². The van der Waals surface area contributed by atoms with Crippen molar-refractivity contribution in [3.05, 3.63) is 65.2 Å². The number of fused-ring (bicyclic) bond motifs is 1. The Morgan fingerprint density at radius 2 is 1.86 bits per heavy atom. The second-order valence-electron chi connectivity index (χ2n) is 5.83. The zero-order valence-electron chi connectivity index (χ0n) is 12.5. The van der Waals surface area contributed by atoms with E-state index in [1.807, 2.05) is 12.1 Å². The lowest BCUT2D eigenvalue weighted by Crippen LogP contribution is -2.36. The largest absolute Gasteiger partial charge is 0.399 e. The maximum absolute atomic E-state index is 5.86. The molecule has 1 aliphatic rings. The molecule has 1 aliphatic carbocycles. The average Bonchev–Trinajstić information content (AvgIpc) is 2.47. The highest BCUT2D eigenvalue weighted by atomic mass is 35.5. The van der Waals surface area contributed by atoms with Crippen LogP contribution in [0.1, 0.15) is 23.1 Å². The van der Waals surface area contributed by atoms with E-state index in [4.69, 9.17) is 5.73 Å². The summed E-state index contributed by atoms with van der Waals surface area (Å²) in [5.74, 6) is 0. The van der Waals surface area contributed by atoms with Crippen LogP contribution < -0.4 is 5.73 Å². The van der Waals surface area contributed by atoms with E-state index in [9.17, 15) is 0 Å². The molecule has 2 nitrogen and oxygen atoms in total. The van der Waals surface area contributed by atoms with Crippen molar-refractivity contribution in [1.82, 2.24) is 4.90 Å². The van der Waals surface area contributed by atoms with E-state index in [-0.39, 0.29) is 12.4 Å². The van der Waals surface area contributed by atoms with Gasteiger partial charge in [-0.3, -0.25) is 4.90 Å². The van der Waals surface area contributed by atoms with Crippen molar-refractivity contribution in [2.45, 2.75) is 31.8 Å². The number of anilines is 1. The quantitative estimate of drug-likeness (QED) is 0.876. The lowest BCUT2D eigenvalue weighted by Gasteiger charge is -2.32. The van der Waals surface area contributed by atoms with Crippen molar-refractivity contribution < 1.29 is 0 Å². The smallest absolute Gasteiger partial charge is 0.0317 e. The van der Waals surface area contributed by atoms with Gasteiger partial charge in [-0.1, -0.05) is 36.4 Å². The van der Waals surface area contributed by atoms with Crippen LogP contribution in [0.5, 0.6) is 0 Å². The summed E-state index contributed by atoms with van der Waals surface area (Å²) in [4.78, 5) is 2.46. The molecular formula is C18H23ClN2. The Balaban J connectivity index is 0.00000161. The molecule has 0 aliphatic heterocycles. The molecule has 112 valence electrons. The highest BCUT2D eigenvalue weighted by molar-refractivity contribution is 5.85. The molecule has 0 amide bonds. The number of hydrogen-bond donors (Lipinski definition) is 1. The zero-order chi connectivity index (χ0) is 13.9. The standard InChI is InChI=1S/C18H22N2.ClH/c1-20(13-14-5-4-8-17(19)11-14)18-10-9-15-6-2-3-7-16(15)12-18;/h2-8,11,18H,9-10,12-13,19H2,1H3;1H. The fraction of sp³-hybridized carbons (Fsp3) is 0.333. The first-order chi connectivity index (χ1) is 9.72. The number of hydrogen-bond acceptors (Lipinski definition) is 2. The van der Waals surface area contributed by atoms with Gasteiger partial charge >= 0.3 is 0 Å². The molecule has 2 aromatic carbocycles. The van der Waals surface area contributed by atoms with Crippen molar-refractivity contribution in [3.8, 4) is 0 Å². The molecule has 0 radical (unpaired) electrons. The summed E-state index contributed by atoms with van der Waals surface area (Å²) in [6.45, 7) is 0.970. The zero-order valence-corrected chi connectivity index (χ0v) is 13.3. The van der Waals surface area contributed by atoms with Crippen molar-refractivity contribution in [2.24, 2.45) is 0 Å². The van der Waals surface area contributed by atoms with Gasteiger partial charge in [0.1, 0.15) is 0 Å². The molecular weight excluding hydrogens is 280 g/mol. The molecule has 1 atom stereocenters. The number of nitrogen functional groups attached to an aromatic ring is 1. The van der Waals surface area contributed by atoms with Crippen LogP contribution in [0.15, 0.2) is 48.5 Å². The minimum absolute atomic E-state index is 0. The van der Waals surface area contributed by atoms with Crippen LogP contribution >= 0.6 is 12.4 Å². The van der Waals surface area contributed by atoms with Gasteiger partial charge in [0, 0.05) is 18.3 Å².